The Morgan fingerprint density at radius 1 is 0.935 bits per heavy atom. The second kappa shape index (κ2) is 9.27. The van der Waals surface area contributed by atoms with Gasteiger partial charge >= 0.3 is 0 Å². The van der Waals surface area contributed by atoms with E-state index >= 15 is 0 Å². The molecule has 0 radical (unpaired) electrons. The van der Waals surface area contributed by atoms with Gasteiger partial charge in [-0.1, -0.05) is 12.8 Å². The summed E-state index contributed by atoms with van der Waals surface area (Å²) in [6.45, 7) is 4.16. The molecule has 31 heavy (non-hydrogen) atoms. The molecule has 2 aromatic rings. The van der Waals surface area contributed by atoms with Crippen molar-refractivity contribution in [1.29, 1.82) is 0 Å². The van der Waals surface area contributed by atoms with Crippen LogP contribution in [0.5, 0.6) is 17.2 Å². The molecule has 0 atom stereocenters. The number of aromatic nitrogens is 2. The van der Waals surface area contributed by atoms with Gasteiger partial charge in [0.1, 0.15) is 4.90 Å². The molecule has 0 spiro atoms. The molecule has 1 aliphatic rings. The molecule has 1 fully saturated rings. The Balaban J connectivity index is 2.05. The lowest BCUT2D eigenvalue weighted by Gasteiger charge is -2.20. The predicted octanol–water partition coefficient (Wildman–Crippen LogP) is 2.78. The van der Waals surface area contributed by atoms with Crippen molar-refractivity contribution >= 4 is 15.9 Å². The van der Waals surface area contributed by atoms with Crippen molar-refractivity contribution in [3.63, 3.8) is 0 Å². The first kappa shape index (κ1) is 23.1. The number of hydrogen-bond acceptors (Lipinski definition) is 7. The van der Waals surface area contributed by atoms with E-state index in [-0.39, 0.29) is 16.2 Å². The van der Waals surface area contributed by atoms with Crippen molar-refractivity contribution < 1.29 is 27.4 Å². The Morgan fingerprint density at radius 3 is 1.97 bits per heavy atom. The summed E-state index contributed by atoms with van der Waals surface area (Å²) in [5, 5.41) is 4.27. The Kier molecular flexibility index (Phi) is 6.90. The van der Waals surface area contributed by atoms with Crippen molar-refractivity contribution in [3.8, 4) is 17.2 Å². The Bertz CT molecular complexity index is 1040. The number of rotatable bonds is 6. The van der Waals surface area contributed by atoms with Gasteiger partial charge in [-0.15, -0.1) is 0 Å². The van der Waals surface area contributed by atoms with Crippen LogP contribution in [0.25, 0.3) is 0 Å². The summed E-state index contributed by atoms with van der Waals surface area (Å²) in [5.74, 6) is 0.518. The maximum atomic E-state index is 13.3. The molecule has 0 bridgehead atoms. The van der Waals surface area contributed by atoms with Crippen molar-refractivity contribution in [2.45, 2.75) is 44.4 Å². The molecule has 0 aliphatic carbocycles. The molecule has 0 saturated carbocycles. The fraction of sp³-hybridized carbons (Fsp3) is 0.524. The number of hydrogen-bond donors (Lipinski definition) is 0. The summed E-state index contributed by atoms with van der Waals surface area (Å²) in [4.78, 5) is 13.4. The number of aryl methyl sites for hydroxylation is 1. The van der Waals surface area contributed by atoms with E-state index in [9.17, 15) is 13.2 Å². The fourth-order valence-corrected chi connectivity index (χ4v) is 5.81. The Labute approximate surface area is 182 Å². The SMILES string of the molecule is COc1cc(C(=O)n2nc(C)c(S(=O)(=O)N3CCCCCC3)c2C)cc(OC)c1OC. The molecule has 170 valence electrons. The second-order valence-corrected chi connectivity index (χ2v) is 9.32. The summed E-state index contributed by atoms with van der Waals surface area (Å²) in [5.41, 5.74) is 0.807. The van der Waals surface area contributed by atoms with Gasteiger partial charge in [0.05, 0.1) is 32.7 Å². The van der Waals surface area contributed by atoms with Crippen LogP contribution in [0.1, 0.15) is 47.4 Å². The van der Waals surface area contributed by atoms with E-state index in [1.807, 2.05) is 0 Å². The number of sulfonamides is 1. The van der Waals surface area contributed by atoms with E-state index in [1.165, 1.54) is 37.8 Å². The van der Waals surface area contributed by atoms with Gasteiger partial charge in [0.25, 0.3) is 5.91 Å². The molecule has 1 aliphatic heterocycles. The molecule has 0 unspecified atom stereocenters. The molecule has 10 heteroatoms. The highest BCUT2D eigenvalue weighted by molar-refractivity contribution is 7.89. The maximum Gasteiger partial charge on any atom is 0.278 e. The minimum Gasteiger partial charge on any atom is -0.493 e. The number of benzene rings is 1. The van der Waals surface area contributed by atoms with Crippen molar-refractivity contribution in [2.75, 3.05) is 34.4 Å². The number of ether oxygens (including phenoxy) is 3. The van der Waals surface area contributed by atoms with Gasteiger partial charge in [0.2, 0.25) is 15.8 Å². The fourth-order valence-electron chi connectivity index (χ4n) is 3.94. The first-order valence-electron chi connectivity index (χ1n) is 10.2. The molecule has 2 heterocycles. The van der Waals surface area contributed by atoms with Gasteiger partial charge in [-0.05, 0) is 38.8 Å². The quantitative estimate of drug-likeness (QED) is 0.666. The minimum absolute atomic E-state index is 0.0928. The van der Waals surface area contributed by atoms with Crippen molar-refractivity contribution in [2.24, 2.45) is 0 Å². The lowest BCUT2D eigenvalue weighted by Crippen LogP contribution is -2.32. The first-order chi connectivity index (χ1) is 14.8. The topological polar surface area (TPSA) is 100.0 Å². The molecule has 1 aromatic heterocycles. The molecule has 1 saturated heterocycles. The standard InChI is InChI=1S/C21H29N3O6S/c1-14-20(31(26,27)23-10-8-6-7-9-11-23)15(2)24(22-14)21(25)16-12-17(28-3)19(30-5)18(13-16)29-4/h12-13H,6-11H2,1-5H3. The molecule has 9 nitrogen and oxygen atoms in total. The van der Waals surface area contributed by atoms with Crippen LogP contribution >= 0.6 is 0 Å². The van der Waals surface area contributed by atoms with Crippen LogP contribution in [-0.2, 0) is 10.0 Å². The maximum absolute atomic E-state index is 13.3. The Morgan fingerprint density at radius 2 is 1.48 bits per heavy atom. The molecular weight excluding hydrogens is 422 g/mol. The van der Waals surface area contributed by atoms with Crippen molar-refractivity contribution in [3.05, 3.63) is 29.1 Å². The summed E-state index contributed by atoms with van der Waals surface area (Å²) in [6.07, 6.45) is 3.69. The third kappa shape index (κ3) is 4.27. The highest BCUT2D eigenvalue weighted by atomic mass is 32.2. The van der Waals surface area contributed by atoms with Crippen LogP contribution in [-0.4, -0.2) is 62.8 Å². The van der Waals surface area contributed by atoms with E-state index in [2.05, 4.69) is 5.10 Å². The van der Waals surface area contributed by atoms with Gasteiger partial charge < -0.3 is 14.2 Å². The number of nitrogens with zero attached hydrogens (tertiary/aromatic N) is 3. The summed E-state index contributed by atoms with van der Waals surface area (Å²) < 4.78 is 45.3. The lowest BCUT2D eigenvalue weighted by atomic mass is 10.1. The average Bonchev–Trinajstić information content (AvgIpc) is 2.93. The normalized spacial score (nSPS) is 15.4. The number of methoxy groups -OCH3 is 3. The molecule has 1 aromatic carbocycles. The minimum atomic E-state index is -3.75. The largest absolute Gasteiger partial charge is 0.493 e. The van der Waals surface area contributed by atoms with Crippen LogP contribution in [0.15, 0.2) is 17.0 Å². The zero-order valence-electron chi connectivity index (χ0n) is 18.6. The van der Waals surface area contributed by atoms with Crippen LogP contribution in [0.2, 0.25) is 0 Å². The van der Waals surface area contributed by atoms with Crippen LogP contribution in [0.4, 0.5) is 0 Å². The molecule has 0 amide bonds. The van der Waals surface area contributed by atoms with Crippen LogP contribution < -0.4 is 14.2 Å². The zero-order chi connectivity index (χ0) is 22.8. The Hall–Kier alpha value is -2.59. The second-order valence-electron chi connectivity index (χ2n) is 7.45. The molecule has 0 N–H and O–H groups in total. The van der Waals surface area contributed by atoms with E-state index in [0.29, 0.717) is 36.0 Å². The monoisotopic (exact) mass is 451 g/mol. The molecule has 3 rings (SSSR count). The van der Waals surface area contributed by atoms with E-state index in [4.69, 9.17) is 14.2 Å². The highest BCUT2D eigenvalue weighted by Gasteiger charge is 2.33. The van der Waals surface area contributed by atoms with Gasteiger partial charge in [-0.25, -0.2) is 8.42 Å². The van der Waals surface area contributed by atoms with Gasteiger partial charge in [-0.3, -0.25) is 4.79 Å². The van der Waals surface area contributed by atoms with Crippen LogP contribution in [0, 0.1) is 13.8 Å². The van der Waals surface area contributed by atoms with Crippen LogP contribution in [0.3, 0.4) is 0 Å². The number of carbonyl (C=O) groups excluding carboxylic acids is 1. The highest BCUT2D eigenvalue weighted by Crippen LogP contribution is 2.38. The van der Waals surface area contributed by atoms with Gasteiger partial charge in [-0.2, -0.15) is 14.1 Å². The van der Waals surface area contributed by atoms with E-state index < -0.39 is 15.9 Å². The average molecular weight is 452 g/mol. The van der Waals surface area contributed by atoms with E-state index in [1.54, 1.807) is 13.8 Å². The molecular formula is C21H29N3O6S. The third-order valence-corrected chi connectivity index (χ3v) is 7.64. The third-order valence-electron chi connectivity index (χ3n) is 5.49. The van der Waals surface area contributed by atoms with E-state index in [0.717, 1.165) is 30.4 Å². The smallest absolute Gasteiger partial charge is 0.278 e. The van der Waals surface area contributed by atoms with Gasteiger partial charge in [0.15, 0.2) is 11.5 Å². The summed E-state index contributed by atoms with van der Waals surface area (Å²) in [7, 11) is 0.644. The number of carbonyl (C=O) groups is 1. The predicted molar refractivity (Wildman–Crippen MR) is 115 cm³/mol. The summed E-state index contributed by atoms with van der Waals surface area (Å²) >= 11 is 0. The summed E-state index contributed by atoms with van der Waals surface area (Å²) in [6, 6.07) is 3.03. The lowest BCUT2D eigenvalue weighted by molar-refractivity contribution is 0.0941. The van der Waals surface area contributed by atoms with Gasteiger partial charge in [0, 0.05) is 18.7 Å². The first-order valence-corrected chi connectivity index (χ1v) is 11.6. The van der Waals surface area contributed by atoms with Crippen molar-refractivity contribution in [1.82, 2.24) is 14.1 Å². The zero-order valence-corrected chi connectivity index (χ0v) is 19.4.